The van der Waals surface area contributed by atoms with E-state index in [-0.39, 0.29) is 5.91 Å². The van der Waals surface area contributed by atoms with Crippen molar-refractivity contribution in [3.05, 3.63) is 71.8 Å². The predicted octanol–water partition coefficient (Wildman–Crippen LogP) is 2.68. The van der Waals surface area contributed by atoms with Crippen molar-refractivity contribution in [2.75, 3.05) is 0 Å². The fourth-order valence-corrected chi connectivity index (χ4v) is 1.64. The molecule has 2 aromatic rings. The Hall–Kier alpha value is -2.60. The Morgan fingerprint density at radius 1 is 1.00 bits per heavy atom. The summed E-state index contributed by atoms with van der Waals surface area (Å²) < 4.78 is 0. The summed E-state index contributed by atoms with van der Waals surface area (Å²) in [7, 11) is 0. The van der Waals surface area contributed by atoms with Gasteiger partial charge in [-0.15, -0.1) is 0 Å². The molecule has 1 amide bonds. The van der Waals surface area contributed by atoms with Gasteiger partial charge in [-0.1, -0.05) is 48.5 Å². The van der Waals surface area contributed by atoms with Crippen molar-refractivity contribution in [2.45, 2.75) is 6.04 Å². The van der Waals surface area contributed by atoms with Crippen LogP contribution in [0.3, 0.4) is 0 Å². The summed E-state index contributed by atoms with van der Waals surface area (Å²) in [5.74, 6) is -0.244. The number of carbonyl (C=O) groups is 1. The van der Waals surface area contributed by atoms with Crippen molar-refractivity contribution in [2.24, 2.45) is 0 Å². The zero-order valence-electron chi connectivity index (χ0n) is 9.71. The van der Waals surface area contributed by atoms with Crippen molar-refractivity contribution in [3.63, 3.8) is 0 Å². The molecule has 1 N–H and O–H groups in total. The third-order valence-corrected chi connectivity index (χ3v) is 2.57. The lowest BCUT2D eigenvalue weighted by Crippen LogP contribution is -2.27. The second-order valence-corrected chi connectivity index (χ2v) is 3.81. The van der Waals surface area contributed by atoms with Gasteiger partial charge in [0.2, 0.25) is 0 Å². The summed E-state index contributed by atoms with van der Waals surface area (Å²) >= 11 is 0. The highest BCUT2D eigenvalue weighted by Gasteiger charge is 2.14. The van der Waals surface area contributed by atoms with E-state index in [4.69, 9.17) is 5.26 Å². The van der Waals surface area contributed by atoms with E-state index in [1.54, 1.807) is 24.3 Å². The Labute approximate surface area is 106 Å². The minimum absolute atomic E-state index is 0.244. The van der Waals surface area contributed by atoms with Gasteiger partial charge in [0.25, 0.3) is 5.91 Å². The second kappa shape index (κ2) is 5.65. The number of carbonyl (C=O) groups excluding carboxylic acids is 1. The molecule has 18 heavy (non-hydrogen) atoms. The summed E-state index contributed by atoms with van der Waals surface area (Å²) in [5.41, 5.74) is 1.33. The van der Waals surface area contributed by atoms with E-state index in [0.29, 0.717) is 5.56 Å². The van der Waals surface area contributed by atoms with Gasteiger partial charge in [-0.3, -0.25) is 4.79 Å². The molecule has 2 rings (SSSR count). The number of benzene rings is 2. The number of nitrogens with one attached hydrogen (secondary N) is 1. The van der Waals surface area contributed by atoms with Gasteiger partial charge in [-0.25, -0.2) is 0 Å². The maximum absolute atomic E-state index is 11.9. The van der Waals surface area contributed by atoms with Crippen LogP contribution in [0.5, 0.6) is 0 Å². The van der Waals surface area contributed by atoms with Crippen LogP contribution in [0, 0.1) is 11.3 Å². The second-order valence-electron chi connectivity index (χ2n) is 3.81. The molecule has 3 heteroatoms. The molecule has 1 unspecified atom stereocenters. The van der Waals surface area contributed by atoms with Crippen molar-refractivity contribution in [1.82, 2.24) is 5.32 Å². The average molecular weight is 236 g/mol. The minimum Gasteiger partial charge on any atom is -0.333 e. The molecule has 0 aromatic heterocycles. The molecule has 0 saturated carbocycles. The number of hydrogen-bond acceptors (Lipinski definition) is 2. The van der Waals surface area contributed by atoms with Crippen LogP contribution >= 0.6 is 0 Å². The molecule has 0 aliphatic heterocycles. The lowest BCUT2D eigenvalue weighted by atomic mass is 10.1. The van der Waals surface area contributed by atoms with Crippen LogP contribution in [0.25, 0.3) is 0 Å². The maximum Gasteiger partial charge on any atom is 0.252 e. The first-order valence-electron chi connectivity index (χ1n) is 5.62. The molecule has 0 radical (unpaired) electrons. The van der Waals surface area contributed by atoms with Gasteiger partial charge >= 0.3 is 0 Å². The number of nitriles is 1. The standard InChI is InChI=1S/C15H12N2O/c16-11-14(12-7-3-1-4-8-12)17-15(18)13-9-5-2-6-10-13/h1-10,14H,(H,17,18). The maximum atomic E-state index is 11.9. The minimum atomic E-state index is -0.626. The van der Waals surface area contributed by atoms with Gasteiger partial charge in [0.1, 0.15) is 6.04 Å². The first-order chi connectivity index (χ1) is 8.81. The molecule has 0 spiro atoms. The smallest absolute Gasteiger partial charge is 0.252 e. The van der Waals surface area contributed by atoms with Crippen LogP contribution < -0.4 is 5.32 Å². The zero-order valence-corrected chi connectivity index (χ0v) is 9.71. The predicted molar refractivity (Wildman–Crippen MR) is 68.7 cm³/mol. The van der Waals surface area contributed by atoms with Gasteiger partial charge in [0.15, 0.2) is 0 Å². The highest BCUT2D eigenvalue weighted by atomic mass is 16.1. The summed E-state index contributed by atoms with van der Waals surface area (Å²) in [6, 6.07) is 19.5. The zero-order chi connectivity index (χ0) is 12.8. The van der Waals surface area contributed by atoms with Crippen molar-refractivity contribution in [1.29, 1.82) is 5.26 Å². The third-order valence-electron chi connectivity index (χ3n) is 2.57. The number of nitrogens with zero attached hydrogens (tertiary/aromatic N) is 1. The molecule has 88 valence electrons. The van der Waals surface area contributed by atoms with Crippen LogP contribution in [0.2, 0.25) is 0 Å². The fraction of sp³-hybridized carbons (Fsp3) is 0.0667. The molecule has 2 aromatic carbocycles. The highest BCUT2D eigenvalue weighted by molar-refractivity contribution is 5.94. The topological polar surface area (TPSA) is 52.9 Å². The van der Waals surface area contributed by atoms with Crippen LogP contribution in [-0.4, -0.2) is 5.91 Å². The monoisotopic (exact) mass is 236 g/mol. The lowest BCUT2D eigenvalue weighted by molar-refractivity contribution is 0.0945. The lowest BCUT2D eigenvalue weighted by Gasteiger charge is -2.11. The Balaban J connectivity index is 2.14. The molecule has 0 saturated heterocycles. The van der Waals surface area contributed by atoms with Gasteiger partial charge in [-0.2, -0.15) is 5.26 Å². The molecule has 0 bridgehead atoms. The molecule has 0 aliphatic rings. The van der Waals surface area contributed by atoms with E-state index in [0.717, 1.165) is 5.56 Å². The van der Waals surface area contributed by atoms with E-state index in [1.807, 2.05) is 36.4 Å². The Morgan fingerprint density at radius 3 is 2.11 bits per heavy atom. The molecular weight excluding hydrogens is 224 g/mol. The largest absolute Gasteiger partial charge is 0.333 e. The quantitative estimate of drug-likeness (QED) is 0.890. The Kier molecular flexibility index (Phi) is 3.72. The van der Waals surface area contributed by atoms with E-state index in [9.17, 15) is 4.79 Å². The SMILES string of the molecule is N#CC(NC(=O)c1ccccc1)c1ccccc1. The molecule has 0 aliphatic carbocycles. The Bertz CT molecular complexity index is 558. The normalized spacial score (nSPS) is 11.3. The van der Waals surface area contributed by atoms with E-state index in [1.165, 1.54) is 0 Å². The van der Waals surface area contributed by atoms with Crippen LogP contribution in [0.15, 0.2) is 60.7 Å². The van der Waals surface area contributed by atoms with Crippen LogP contribution in [-0.2, 0) is 0 Å². The molecule has 1 atom stereocenters. The first-order valence-corrected chi connectivity index (χ1v) is 5.62. The van der Waals surface area contributed by atoms with Crippen molar-refractivity contribution < 1.29 is 4.79 Å². The Morgan fingerprint density at radius 2 is 1.56 bits per heavy atom. The summed E-state index contributed by atoms with van der Waals surface area (Å²) in [5, 5.41) is 11.8. The van der Waals surface area contributed by atoms with E-state index >= 15 is 0 Å². The van der Waals surface area contributed by atoms with E-state index < -0.39 is 6.04 Å². The summed E-state index contributed by atoms with van der Waals surface area (Å²) in [6.07, 6.45) is 0. The van der Waals surface area contributed by atoms with E-state index in [2.05, 4.69) is 11.4 Å². The van der Waals surface area contributed by atoms with Gasteiger partial charge in [0.05, 0.1) is 6.07 Å². The first kappa shape index (κ1) is 11.9. The van der Waals surface area contributed by atoms with Gasteiger partial charge in [-0.05, 0) is 17.7 Å². The van der Waals surface area contributed by atoms with Gasteiger partial charge in [0, 0.05) is 5.56 Å². The number of rotatable bonds is 3. The fourth-order valence-electron chi connectivity index (χ4n) is 1.64. The molecule has 0 heterocycles. The number of amides is 1. The van der Waals surface area contributed by atoms with Crippen molar-refractivity contribution in [3.8, 4) is 6.07 Å². The highest BCUT2D eigenvalue weighted by Crippen LogP contribution is 2.12. The summed E-state index contributed by atoms with van der Waals surface area (Å²) in [6.45, 7) is 0. The van der Waals surface area contributed by atoms with Crippen LogP contribution in [0.4, 0.5) is 0 Å². The molecule has 3 nitrogen and oxygen atoms in total. The molecule has 0 fully saturated rings. The van der Waals surface area contributed by atoms with Crippen molar-refractivity contribution >= 4 is 5.91 Å². The average Bonchev–Trinajstić information content (AvgIpc) is 2.46. The third kappa shape index (κ3) is 2.74. The number of hydrogen-bond donors (Lipinski definition) is 1. The van der Waals surface area contributed by atoms with Gasteiger partial charge < -0.3 is 5.32 Å². The summed E-state index contributed by atoms with van der Waals surface area (Å²) in [4.78, 5) is 11.9. The van der Waals surface area contributed by atoms with Crippen LogP contribution in [0.1, 0.15) is 22.0 Å². The molecular formula is C15H12N2O.